The lowest BCUT2D eigenvalue weighted by molar-refractivity contribution is -0.131. The van der Waals surface area contributed by atoms with Gasteiger partial charge in [-0.1, -0.05) is 29.8 Å². The quantitative estimate of drug-likeness (QED) is 0.862. The van der Waals surface area contributed by atoms with Crippen LogP contribution in [0.1, 0.15) is 26.6 Å². The molecule has 26 heavy (non-hydrogen) atoms. The molecule has 0 saturated carbocycles. The summed E-state index contributed by atoms with van der Waals surface area (Å²) >= 11 is 1.47. The Morgan fingerprint density at radius 2 is 1.77 bits per heavy atom. The predicted molar refractivity (Wildman–Crippen MR) is 102 cm³/mol. The number of nitrogens with two attached hydrogens (primary N) is 1. The van der Waals surface area contributed by atoms with E-state index in [0.717, 1.165) is 10.6 Å². The molecule has 1 aliphatic heterocycles. The van der Waals surface area contributed by atoms with E-state index in [4.69, 9.17) is 5.73 Å². The smallest absolute Gasteiger partial charge is 0.273 e. The van der Waals surface area contributed by atoms with Crippen LogP contribution in [0.5, 0.6) is 0 Å². The zero-order chi connectivity index (χ0) is 18.5. The van der Waals surface area contributed by atoms with Gasteiger partial charge >= 0.3 is 0 Å². The monoisotopic (exact) mass is 372 g/mol. The molecule has 0 atom stereocenters. The molecule has 7 heteroatoms. The van der Waals surface area contributed by atoms with E-state index < -0.39 is 0 Å². The number of carbonyl (C=O) groups excluding carboxylic acids is 2. The third-order valence-corrected chi connectivity index (χ3v) is 5.43. The second-order valence-electron chi connectivity index (χ2n) is 6.50. The van der Waals surface area contributed by atoms with Crippen molar-refractivity contribution in [3.63, 3.8) is 0 Å². The molecule has 6 nitrogen and oxygen atoms in total. The normalized spacial score (nSPS) is 14.5. The highest BCUT2D eigenvalue weighted by molar-refractivity contribution is 7.09. The molecule has 2 aromatic rings. The molecule has 0 bridgehead atoms. The van der Waals surface area contributed by atoms with Crippen LogP contribution in [0.4, 0.5) is 0 Å². The van der Waals surface area contributed by atoms with Crippen molar-refractivity contribution in [3.05, 3.63) is 51.5 Å². The summed E-state index contributed by atoms with van der Waals surface area (Å²) in [6.45, 7) is 4.78. The number of hydrogen-bond acceptors (Lipinski definition) is 5. The van der Waals surface area contributed by atoms with Crippen LogP contribution in [-0.2, 0) is 17.6 Å². The number of aromatic nitrogens is 1. The van der Waals surface area contributed by atoms with Crippen molar-refractivity contribution in [3.8, 4) is 0 Å². The molecule has 138 valence electrons. The first-order chi connectivity index (χ1) is 12.6. The van der Waals surface area contributed by atoms with E-state index in [0.29, 0.717) is 51.3 Å². The van der Waals surface area contributed by atoms with Crippen LogP contribution in [0.15, 0.2) is 29.6 Å². The summed E-state index contributed by atoms with van der Waals surface area (Å²) in [5.41, 5.74) is 8.22. The number of hydrogen-bond donors (Lipinski definition) is 1. The van der Waals surface area contributed by atoms with Crippen LogP contribution in [0.3, 0.4) is 0 Å². The number of piperazine rings is 1. The fourth-order valence-electron chi connectivity index (χ4n) is 2.96. The minimum Gasteiger partial charge on any atom is -0.339 e. The molecule has 0 aliphatic carbocycles. The zero-order valence-corrected chi connectivity index (χ0v) is 15.8. The van der Waals surface area contributed by atoms with Gasteiger partial charge in [0.05, 0.1) is 11.4 Å². The van der Waals surface area contributed by atoms with E-state index >= 15 is 0 Å². The van der Waals surface area contributed by atoms with Crippen molar-refractivity contribution < 1.29 is 9.59 Å². The second-order valence-corrected chi connectivity index (χ2v) is 7.44. The van der Waals surface area contributed by atoms with Crippen LogP contribution in [0.25, 0.3) is 0 Å². The van der Waals surface area contributed by atoms with Gasteiger partial charge in [0.25, 0.3) is 5.91 Å². The highest BCUT2D eigenvalue weighted by atomic mass is 32.1. The number of benzene rings is 1. The fraction of sp³-hybridized carbons (Fsp3) is 0.421. The topological polar surface area (TPSA) is 79.5 Å². The van der Waals surface area contributed by atoms with E-state index in [1.165, 1.54) is 16.9 Å². The molecule has 1 saturated heterocycles. The molecule has 0 spiro atoms. The number of amides is 2. The van der Waals surface area contributed by atoms with Gasteiger partial charge in [-0.15, -0.1) is 11.3 Å². The average molecular weight is 372 g/mol. The molecular formula is C19H24N4O2S. The minimum absolute atomic E-state index is 0.0600. The molecule has 2 heterocycles. The minimum atomic E-state index is -0.0600. The largest absolute Gasteiger partial charge is 0.339 e. The van der Waals surface area contributed by atoms with E-state index in [9.17, 15) is 9.59 Å². The summed E-state index contributed by atoms with van der Waals surface area (Å²) in [7, 11) is 0. The number of thiazole rings is 1. The molecule has 1 aliphatic rings. The van der Waals surface area contributed by atoms with Crippen molar-refractivity contribution in [2.24, 2.45) is 5.73 Å². The molecule has 0 radical (unpaired) electrons. The van der Waals surface area contributed by atoms with E-state index in [1.807, 2.05) is 36.1 Å². The van der Waals surface area contributed by atoms with Gasteiger partial charge in [-0.25, -0.2) is 4.98 Å². The first-order valence-corrected chi connectivity index (χ1v) is 9.72. The Bertz CT molecular complexity index is 764. The lowest BCUT2D eigenvalue weighted by Gasteiger charge is -2.34. The van der Waals surface area contributed by atoms with E-state index in [-0.39, 0.29) is 11.8 Å². The van der Waals surface area contributed by atoms with Gasteiger partial charge < -0.3 is 15.5 Å². The third kappa shape index (κ3) is 4.47. The van der Waals surface area contributed by atoms with Crippen molar-refractivity contribution in [1.82, 2.24) is 14.8 Å². The lowest BCUT2D eigenvalue weighted by Crippen LogP contribution is -2.51. The SMILES string of the molecule is Cc1ccc(CC(=O)N2CCN(C(=O)c3csc(CCN)n3)CC2)cc1. The molecule has 1 fully saturated rings. The van der Waals surface area contributed by atoms with Gasteiger partial charge in [0.15, 0.2) is 0 Å². The summed E-state index contributed by atoms with van der Waals surface area (Å²) in [5.74, 6) is 0.0509. The Hall–Kier alpha value is -2.25. The Labute approximate surface area is 157 Å². The molecule has 1 aromatic heterocycles. The van der Waals surface area contributed by atoms with Gasteiger partial charge in [0.2, 0.25) is 5.91 Å². The number of carbonyl (C=O) groups is 2. The Morgan fingerprint density at radius 1 is 1.12 bits per heavy atom. The van der Waals surface area contributed by atoms with E-state index in [2.05, 4.69) is 4.98 Å². The van der Waals surface area contributed by atoms with Crippen LogP contribution in [-0.4, -0.2) is 59.3 Å². The van der Waals surface area contributed by atoms with Crippen LogP contribution in [0, 0.1) is 6.92 Å². The molecule has 2 N–H and O–H groups in total. The van der Waals surface area contributed by atoms with E-state index in [1.54, 1.807) is 10.3 Å². The molecule has 2 amide bonds. The van der Waals surface area contributed by atoms with Gasteiger partial charge in [0.1, 0.15) is 5.69 Å². The standard InChI is InChI=1S/C19H24N4O2S/c1-14-2-4-15(5-3-14)12-18(24)22-8-10-23(11-9-22)19(25)16-13-26-17(21-16)6-7-20/h2-5,13H,6-12,20H2,1H3. The van der Waals surface area contributed by atoms with Gasteiger partial charge in [-0.2, -0.15) is 0 Å². The first-order valence-electron chi connectivity index (χ1n) is 8.84. The van der Waals surface area contributed by atoms with Crippen molar-refractivity contribution in [2.75, 3.05) is 32.7 Å². The maximum atomic E-state index is 12.6. The number of aryl methyl sites for hydroxylation is 1. The van der Waals surface area contributed by atoms with Crippen molar-refractivity contribution >= 4 is 23.2 Å². The van der Waals surface area contributed by atoms with Crippen LogP contribution < -0.4 is 5.73 Å². The van der Waals surface area contributed by atoms with Crippen LogP contribution >= 0.6 is 11.3 Å². The summed E-state index contributed by atoms with van der Waals surface area (Å²) in [4.78, 5) is 33.0. The van der Waals surface area contributed by atoms with Crippen molar-refractivity contribution in [2.45, 2.75) is 19.8 Å². The summed E-state index contributed by atoms with van der Waals surface area (Å²) < 4.78 is 0. The Balaban J connectivity index is 1.52. The number of rotatable bonds is 5. The summed E-state index contributed by atoms with van der Waals surface area (Å²) in [6, 6.07) is 8.03. The molecule has 0 unspecified atom stereocenters. The molecule has 1 aromatic carbocycles. The first kappa shape index (κ1) is 18.5. The van der Waals surface area contributed by atoms with Gasteiger partial charge in [-0.05, 0) is 19.0 Å². The highest BCUT2D eigenvalue weighted by Crippen LogP contribution is 2.14. The van der Waals surface area contributed by atoms with Gasteiger partial charge in [-0.3, -0.25) is 9.59 Å². The lowest BCUT2D eigenvalue weighted by atomic mass is 10.1. The maximum Gasteiger partial charge on any atom is 0.273 e. The van der Waals surface area contributed by atoms with Crippen LogP contribution in [0.2, 0.25) is 0 Å². The second kappa shape index (κ2) is 8.42. The summed E-state index contributed by atoms with van der Waals surface area (Å²) in [5, 5.41) is 2.69. The highest BCUT2D eigenvalue weighted by Gasteiger charge is 2.26. The predicted octanol–water partition coefficient (Wildman–Crippen LogP) is 1.48. The third-order valence-electron chi connectivity index (χ3n) is 4.52. The fourth-order valence-corrected chi connectivity index (χ4v) is 3.75. The Kier molecular flexibility index (Phi) is 6.00. The number of nitrogens with zero attached hydrogens (tertiary/aromatic N) is 3. The van der Waals surface area contributed by atoms with Gasteiger partial charge in [0, 0.05) is 38.0 Å². The molecule has 3 rings (SSSR count). The molecular weight excluding hydrogens is 348 g/mol. The Morgan fingerprint density at radius 3 is 2.42 bits per heavy atom. The summed E-state index contributed by atoms with van der Waals surface area (Å²) in [6.07, 6.45) is 1.10. The zero-order valence-electron chi connectivity index (χ0n) is 15.0. The maximum absolute atomic E-state index is 12.6. The average Bonchev–Trinajstić information content (AvgIpc) is 3.12. The van der Waals surface area contributed by atoms with Crippen molar-refractivity contribution in [1.29, 1.82) is 0 Å².